The average Bonchev–Trinajstić information content (AvgIpc) is 3.33. The Hall–Kier alpha value is -3.80. The molecule has 2 aliphatic heterocycles. The number of nitrogens with zero attached hydrogens (tertiary/aromatic N) is 6. The van der Waals surface area contributed by atoms with E-state index in [0.29, 0.717) is 23.8 Å². The molecule has 0 radical (unpaired) electrons. The van der Waals surface area contributed by atoms with Gasteiger partial charge < -0.3 is 10.6 Å². The second-order valence-electron chi connectivity index (χ2n) is 8.81. The Morgan fingerprint density at radius 3 is 2.69 bits per heavy atom. The number of anilines is 2. The number of halogens is 1. The number of hydrogen-bond donors (Lipinski definition) is 1. The van der Waals surface area contributed by atoms with Crippen LogP contribution in [-0.4, -0.2) is 44.9 Å². The van der Waals surface area contributed by atoms with Gasteiger partial charge in [0.05, 0.1) is 23.2 Å². The second-order valence-corrected chi connectivity index (χ2v) is 10.9. The van der Waals surface area contributed by atoms with Crippen LogP contribution in [-0.2, 0) is 16.3 Å². The van der Waals surface area contributed by atoms with Crippen molar-refractivity contribution in [2.24, 2.45) is 5.92 Å². The molecule has 12 heteroatoms. The van der Waals surface area contributed by atoms with Crippen molar-refractivity contribution in [3.63, 3.8) is 0 Å². The summed E-state index contributed by atoms with van der Waals surface area (Å²) in [6, 6.07) is 9.59. The zero-order valence-corrected chi connectivity index (χ0v) is 19.6. The smallest absolute Gasteiger partial charge is 0.285 e. The Balaban J connectivity index is 1.61. The number of benzene rings is 1. The minimum absolute atomic E-state index is 0.00844. The molecule has 5 heterocycles. The minimum atomic E-state index is -3.57. The lowest BCUT2D eigenvalue weighted by Gasteiger charge is -2.48. The summed E-state index contributed by atoms with van der Waals surface area (Å²) in [5.41, 5.74) is 6.18. The van der Waals surface area contributed by atoms with Crippen LogP contribution in [0.1, 0.15) is 30.9 Å². The minimum Gasteiger partial charge on any atom is -0.368 e. The van der Waals surface area contributed by atoms with Gasteiger partial charge in [-0.15, -0.1) is 0 Å². The van der Waals surface area contributed by atoms with Crippen LogP contribution in [0.2, 0.25) is 0 Å². The number of rotatable bonds is 4. The molecule has 6 rings (SSSR count). The van der Waals surface area contributed by atoms with E-state index in [0.717, 1.165) is 6.42 Å². The monoisotopic (exact) mass is 495 g/mol. The van der Waals surface area contributed by atoms with Crippen LogP contribution >= 0.6 is 0 Å². The first-order valence-electron chi connectivity index (χ1n) is 11.3. The Morgan fingerprint density at radius 2 is 1.94 bits per heavy atom. The van der Waals surface area contributed by atoms with Gasteiger partial charge in [-0.3, -0.25) is 9.36 Å². The maximum absolute atomic E-state index is 14.5. The zero-order chi connectivity index (χ0) is 24.5. The summed E-state index contributed by atoms with van der Waals surface area (Å²) in [6.07, 6.45) is 2.42. The molecule has 0 bridgehead atoms. The predicted octanol–water partition coefficient (Wildman–Crippen LogP) is 1.91. The van der Waals surface area contributed by atoms with Crippen LogP contribution in [0.4, 0.5) is 16.2 Å². The van der Waals surface area contributed by atoms with Crippen molar-refractivity contribution in [2.75, 3.05) is 22.9 Å². The Labute approximate surface area is 199 Å². The lowest BCUT2D eigenvalue weighted by atomic mass is 9.85. The number of hydrogen-bond acceptors (Lipinski definition) is 8. The van der Waals surface area contributed by atoms with Crippen molar-refractivity contribution in [3.05, 3.63) is 70.3 Å². The van der Waals surface area contributed by atoms with E-state index in [2.05, 4.69) is 15.1 Å². The molecule has 0 saturated carbocycles. The van der Waals surface area contributed by atoms with E-state index in [9.17, 15) is 17.6 Å². The maximum Gasteiger partial charge on any atom is 0.285 e. The number of para-hydroxylation sites is 1. The van der Waals surface area contributed by atoms with Crippen LogP contribution in [0, 0.1) is 11.7 Å². The first kappa shape index (κ1) is 21.7. The molecule has 2 atom stereocenters. The number of nitrogens with two attached hydrogens (primary N) is 1. The van der Waals surface area contributed by atoms with Crippen LogP contribution in [0.5, 0.6) is 0 Å². The van der Waals surface area contributed by atoms with Gasteiger partial charge in [0, 0.05) is 25.1 Å². The SMILES string of the molecule is CC[C@@H]1CN(c2nc(N)nc3c2S(=O)(=O)CC3)[C@@H]1c1nn2ccc(F)c2c(=O)n1-c1ccccc1. The number of fused-ring (bicyclic) bond motifs is 2. The Kier molecular flexibility index (Phi) is 4.72. The first-order valence-corrected chi connectivity index (χ1v) is 13.0. The molecule has 0 aliphatic carbocycles. The summed E-state index contributed by atoms with van der Waals surface area (Å²) in [7, 11) is -3.57. The van der Waals surface area contributed by atoms with Crippen molar-refractivity contribution in [1.29, 1.82) is 0 Å². The highest BCUT2D eigenvalue weighted by Gasteiger charge is 2.46. The maximum atomic E-state index is 14.5. The molecule has 0 unspecified atom stereocenters. The number of sulfone groups is 1. The molecule has 3 aromatic heterocycles. The van der Waals surface area contributed by atoms with E-state index in [1.807, 2.05) is 17.9 Å². The van der Waals surface area contributed by atoms with Crippen molar-refractivity contribution < 1.29 is 12.8 Å². The quantitative estimate of drug-likeness (QED) is 0.455. The molecule has 2 N–H and O–H groups in total. The second kappa shape index (κ2) is 7.60. The molecule has 180 valence electrons. The van der Waals surface area contributed by atoms with Crippen molar-refractivity contribution >= 4 is 27.1 Å². The molecule has 2 aliphatic rings. The summed E-state index contributed by atoms with van der Waals surface area (Å²) in [6.45, 7) is 2.52. The van der Waals surface area contributed by atoms with Gasteiger partial charge in [-0.05, 0) is 24.6 Å². The van der Waals surface area contributed by atoms with E-state index in [1.165, 1.54) is 21.3 Å². The van der Waals surface area contributed by atoms with Gasteiger partial charge in [-0.2, -0.15) is 10.1 Å². The fraction of sp³-hybridized carbons (Fsp3) is 0.304. The average molecular weight is 496 g/mol. The van der Waals surface area contributed by atoms with Crippen LogP contribution in [0.25, 0.3) is 11.2 Å². The van der Waals surface area contributed by atoms with E-state index in [4.69, 9.17) is 5.73 Å². The van der Waals surface area contributed by atoms with Crippen molar-refractivity contribution in [2.45, 2.75) is 30.7 Å². The van der Waals surface area contributed by atoms with E-state index < -0.39 is 27.3 Å². The summed E-state index contributed by atoms with van der Waals surface area (Å²) < 4.78 is 42.9. The molecule has 35 heavy (non-hydrogen) atoms. The third-order valence-electron chi connectivity index (χ3n) is 6.80. The van der Waals surface area contributed by atoms with Gasteiger partial charge in [0.1, 0.15) is 4.90 Å². The van der Waals surface area contributed by atoms with Gasteiger partial charge in [-0.25, -0.2) is 22.3 Å². The van der Waals surface area contributed by atoms with Crippen LogP contribution in [0.3, 0.4) is 0 Å². The summed E-state index contributed by atoms with van der Waals surface area (Å²) >= 11 is 0. The molecular formula is C23H22FN7O3S. The van der Waals surface area contributed by atoms with E-state index in [1.54, 1.807) is 24.3 Å². The molecular weight excluding hydrogens is 473 g/mol. The zero-order valence-electron chi connectivity index (χ0n) is 18.8. The number of nitrogen functional groups attached to an aromatic ring is 1. The van der Waals surface area contributed by atoms with Gasteiger partial charge >= 0.3 is 0 Å². The molecule has 4 aromatic rings. The molecule has 1 fully saturated rings. The molecule has 0 amide bonds. The molecule has 10 nitrogen and oxygen atoms in total. The highest BCUT2D eigenvalue weighted by atomic mass is 32.2. The highest BCUT2D eigenvalue weighted by molar-refractivity contribution is 7.91. The van der Waals surface area contributed by atoms with E-state index >= 15 is 0 Å². The van der Waals surface area contributed by atoms with Gasteiger partial charge in [-0.1, -0.05) is 25.1 Å². The van der Waals surface area contributed by atoms with Crippen molar-refractivity contribution in [3.8, 4) is 5.69 Å². The van der Waals surface area contributed by atoms with Gasteiger partial charge in [0.25, 0.3) is 5.56 Å². The first-order chi connectivity index (χ1) is 16.8. The topological polar surface area (TPSA) is 128 Å². The predicted molar refractivity (Wildman–Crippen MR) is 127 cm³/mol. The Bertz CT molecular complexity index is 1650. The molecule has 1 aromatic carbocycles. The van der Waals surface area contributed by atoms with Crippen LogP contribution < -0.4 is 16.2 Å². The van der Waals surface area contributed by atoms with Gasteiger partial charge in [0.15, 0.2) is 32.8 Å². The summed E-state index contributed by atoms with van der Waals surface area (Å²) in [4.78, 5) is 24.0. The van der Waals surface area contributed by atoms with Gasteiger partial charge in [0.2, 0.25) is 5.95 Å². The highest BCUT2D eigenvalue weighted by Crippen LogP contribution is 2.46. The largest absolute Gasteiger partial charge is 0.368 e. The fourth-order valence-electron chi connectivity index (χ4n) is 5.09. The molecule has 0 spiro atoms. The van der Waals surface area contributed by atoms with Crippen LogP contribution in [0.15, 0.2) is 52.3 Å². The van der Waals surface area contributed by atoms with E-state index in [-0.39, 0.29) is 40.3 Å². The fourth-order valence-corrected chi connectivity index (χ4v) is 6.70. The summed E-state index contributed by atoms with van der Waals surface area (Å²) in [5, 5.41) is 4.66. The summed E-state index contributed by atoms with van der Waals surface area (Å²) in [5.74, 6) is -0.0820. The van der Waals surface area contributed by atoms with Crippen molar-refractivity contribution in [1.82, 2.24) is 24.1 Å². The third-order valence-corrected chi connectivity index (χ3v) is 8.59. The number of aromatic nitrogens is 5. The molecule has 1 saturated heterocycles. The lowest BCUT2D eigenvalue weighted by Crippen LogP contribution is -2.53. The number of aryl methyl sites for hydroxylation is 1. The lowest BCUT2D eigenvalue weighted by molar-refractivity contribution is 0.267. The third kappa shape index (κ3) is 3.16. The normalized spacial score (nSPS) is 20.7. The Morgan fingerprint density at radius 1 is 1.17 bits per heavy atom. The standard InChI is InChI=1S/C23H22FN7O3S/c1-2-13-12-29(21-19-16(26-23(25)27-21)9-11-35(19,33)34)17(13)20-28-30-10-8-15(24)18(30)22(32)31(20)14-6-4-3-5-7-14/h3-8,10,13,17H,2,9,11-12H2,1H3,(H2,25,26,27)/t13-,17+/m1/s1.